The van der Waals surface area contributed by atoms with Gasteiger partial charge in [0.05, 0.1) is 6.61 Å². The molecule has 0 saturated carbocycles. The van der Waals surface area contributed by atoms with E-state index in [1.54, 1.807) is 30.3 Å². The molecule has 2 rings (SSSR count). The average molecular weight is 355 g/mol. The molecule has 6 heteroatoms. The van der Waals surface area contributed by atoms with Crippen LogP contribution in [-0.2, 0) is 0 Å². The fraction of sp³-hybridized carbons (Fsp3) is 0.350. The van der Waals surface area contributed by atoms with E-state index < -0.39 is 0 Å². The summed E-state index contributed by atoms with van der Waals surface area (Å²) in [5.74, 6) is 0.185. The number of anilines is 1. The molecule has 1 aromatic heterocycles. The molecule has 2 aromatic rings. The summed E-state index contributed by atoms with van der Waals surface area (Å²) < 4.78 is 5.37. The lowest BCUT2D eigenvalue weighted by atomic mass is 10.2. The van der Waals surface area contributed by atoms with E-state index >= 15 is 0 Å². The smallest absolute Gasteiger partial charge is 0.269 e. The second-order valence-corrected chi connectivity index (χ2v) is 5.80. The SMILES string of the molecule is CCCCCNC(=O)c1cc(C(=O)Nc2ccc(OCC)cc2)ccn1. The van der Waals surface area contributed by atoms with Crippen molar-refractivity contribution in [2.24, 2.45) is 0 Å². The standard InChI is InChI=1S/C20H25N3O3/c1-3-5-6-12-22-20(25)18-14-15(11-13-21-18)19(24)23-16-7-9-17(10-8-16)26-4-2/h7-11,13-14H,3-6,12H2,1-2H3,(H,22,25)(H,23,24). The number of carbonyl (C=O) groups excluding carboxylic acids is 2. The number of benzene rings is 1. The molecule has 0 aliphatic heterocycles. The molecule has 0 saturated heterocycles. The number of carbonyl (C=O) groups is 2. The highest BCUT2D eigenvalue weighted by atomic mass is 16.5. The van der Waals surface area contributed by atoms with Gasteiger partial charge in [-0.1, -0.05) is 19.8 Å². The zero-order chi connectivity index (χ0) is 18.8. The second-order valence-electron chi connectivity index (χ2n) is 5.80. The van der Waals surface area contributed by atoms with Gasteiger partial charge in [0.1, 0.15) is 11.4 Å². The van der Waals surface area contributed by atoms with Gasteiger partial charge in [-0.2, -0.15) is 0 Å². The van der Waals surface area contributed by atoms with Crippen molar-refractivity contribution in [3.05, 3.63) is 53.9 Å². The first kappa shape index (κ1) is 19.4. The lowest BCUT2D eigenvalue weighted by Gasteiger charge is -2.08. The molecule has 0 spiro atoms. The number of nitrogens with one attached hydrogen (secondary N) is 2. The van der Waals surface area contributed by atoms with E-state index in [1.165, 1.54) is 12.3 Å². The Morgan fingerprint density at radius 1 is 1.04 bits per heavy atom. The molecule has 2 N–H and O–H groups in total. The zero-order valence-electron chi connectivity index (χ0n) is 15.2. The summed E-state index contributed by atoms with van der Waals surface area (Å²) in [5.41, 5.74) is 1.27. The third-order valence-electron chi connectivity index (χ3n) is 3.74. The molecule has 0 bridgehead atoms. The Hall–Kier alpha value is -2.89. The van der Waals surface area contributed by atoms with Crippen LogP contribution in [0.1, 0.15) is 54.0 Å². The number of pyridine rings is 1. The van der Waals surface area contributed by atoms with Crippen LogP contribution in [0.3, 0.4) is 0 Å². The van der Waals surface area contributed by atoms with Crippen molar-refractivity contribution in [3.8, 4) is 5.75 Å². The van der Waals surface area contributed by atoms with Crippen LogP contribution in [0.4, 0.5) is 5.69 Å². The Labute approximate surface area is 154 Å². The van der Waals surface area contributed by atoms with Crippen molar-refractivity contribution in [3.63, 3.8) is 0 Å². The maximum atomic E-state index is 12.4. The number of unbranched alkanes of at least 4 members (excludes halogenated alkanes) is 2. The first-order valence-electron chi connectivity index (χ1n) is 8.92. The monoisotopic (exact) mass is 355 g/mol. The third-order valence-corrected chi connectivity index (χ3v) is 3.74. The maximum Gasteiger partial charge on any atom is 0.269 e. The van der Waals surface area contributed by atoms with Crippen LogP contribution in [0.5, 0.6) is 5.75 Å². The number of nitrogens with zero attached hydrogens (tertiary/aromatic N) is 1. The van der Waals surface area contributed by atoms with E-state index in [2.05, 4.69) is 22.5 Å². The van der Waals surface area contributed by atoms with E-state index in [9.17, 15) is 9.59 Å². The number of amides is 2. The van der Waals surface area contributed by atoms with Crippen LogP contribution < -0.4 is 15.4 Å². The van der Waals surface area contributed by atoms with Gasteiger partial charge in [-0.05, 0) is 49.7 Å². The summed E-state index contributed by atoms with van der Waals surface area (Å²) in [7, 11) is 0. The normalized spacial score (nSPS) is 10.2. The quantitative estimate of drug-likeness (QED) is 0.673. The minimum atomic E-state index is -0.295. The number of rotatable bonds is 9. The molecule has 6 nitrogen and oxygen atoms in total. The van der Waals surface area contributed by atoms with Crippen molar-refractivity contribution < 1.29 is 14.3 Å². The maximum absolute atomic E-state index is 12.4. The van der Waals surface area contributed by atoms with Crippen molar-refractivity contribution >= 4 is 17.5 Å². The van der Waals surface area contributed by atoms with Gasteiger partial charge in [-0.25, -0.2) is 0 Å². The number of ether oxygens (including phenoxy) is 1. The minimum Gasteiger partial charge on any atom is -0.494 e. The number of aromatic nitrogens is 1. The predicted molar refractivity (Wildman–Crippen MR) is 102 cm³/mol. The van der Waals surface area contributed by atoms with E-state index in [4.69, 9.17) is 4.74 Å². The van der Waals surface area contributed by atoms with Gasteiger partial charge in [0, 0.05) is 24.0 Å². The van der Waals surface area contributed by atoms with Gasteiger partial charge in [-0.3, -0.25) is 14.6 Å². The largest absolute Gasteiger partial charge is 0.494 e. The Bertz CT molecular complexity index is 729. The molecular weight excluding hydrogens is 330 g/mol. The molecule has 0 atom stereocenters. The summed E-state index contributed by atoms with van der Waals surface area (Å²) >= 11 is 0. The summed E-state index contributed by atoms with van der Waals surface area (Å²) in [6.07, 6.45) is 4.56. The van der Waals surface area contributed by atoms with E-state index in [0.717, 1.165) is 25.0 Å². The van der Waals surface area contributed by atoms with Gasteiger partial charge in [0.2, 0.25) is 0 Å². The minimum absolute atomic E-state index is 0.237. The van der Waals surface area contributed by atoms with Crippen LogP contribution in [0.2, 0.25) is 0 Å². The molecule has 2 amide bonds. The van der Waals surface area contributed by atoms with Crippen molar-refractivity contribution in [1.82, 2.24) is 10.3 Å². The topological polar surface area (TPSA) is 80.3 Å². The van der Waals surface area contributed by atoms with E-state index in [1.807, 2.05) is 6.92 Å². The van der Waals surface area contributed by atoms with Gasteiger partial charge in [0.15, 0.2) is 0 Å². The van der Waals surface area contributed by atoms with Crippen LogP contribution in [-0.4, -0.2) is 29.9 Å². The van der Waals surface area contributed by atoms with Gasteiger partial charge in [-0.15, -0.1) is 0 Å². The highest BCUT2D eigenvalue weighted by molar-refractivity contribution is 6.05. The lowest BCUT2D eigenvalue weighted by molar-refractivity contribution is 0.0948. The molecule has 26 heavy (non-hydrogen) atoms. The average Bonchev–Trinajstić information content (AvgIpc) is 2.67. The Morgan fingerprint density at radius 3 is 2.50 bits per heavy atom. The zero-order valence-corrected chi connectivity index (χ0v) is 15.2. The summed E-state index contributed by atoms with van der Waals surface area (Å²) in [6, 6.07) is 10.2. The second kappa shape index (κ2) is 10.2. The molecule has 0 fully saturated rings. The Balaban J connectivity index is 1.97. The molecule has 0 radical (unpaired) electrons. The summed E-state index contributed by atoms with van der Waals surface area (Å²) in [5, 5.41) is 5.62. The van der Waals surface area contributed by atoms with Gasteiger partial charge in [0.25, 0.3) is 11.8 Å². The molecule has 0 aliphatic carbocycles. The molecule has 1 aromatic carbocycles. The molecule has 1 heterocycles. The lowest BCUT2D eigenvalue weighted by Crippen LogP contribution is -2.25. The first-order chi connectivity index (χ1) is 12.6. The highest BCUT2D eigenvalue weighted by Crippen LogP contribution is 2.16. The first-order valence-corrected chi connectivity index (χ1v) is 8.92. The summed E-state index contributed by atoms with van der Waals surface area (Å²) in [6.45, 7) is 5.22. The van der Waals surface area contributed by atoms with Gasteiger partial charge < -0.3 is 15.4 Å². The van der Waals surface area contributed by atoms with E-state index in [-0.39, 0.29) is 17.5 Å². The molecule has 0 aliphatic rings. The Kier molecular flexibility index (Phi) is 7.61. The Morgan fingerprint density at radius 2 is 1.81 bits per heavy atom. The molecule has 0 unspecified atom stereocenters. The molecular formula is C20H25N3O3. The fourth-order valence-electron chi connectivity index (χ4n) is 2.37. The van der Waals surface area contributed by atoms with Crippen molar-refractivity contribution in [2.75, 3.05) is 18.5 Å². The summed E-state index contributed by atoms with van der Waals surface area (Å²) in [4.78, 5) is 28.6. The third kappa shape index (κ3) is 5.88. The number of hydrogen-bond acceptors (Lipinski definition) is 4. The molecule has 138 valence electrons. The van der Waals surface area contributed by atoms with E-state index in [0.29, 0.717) is 24.4 Å². The van der Waals surface area contributed by atoms with Crippen molar-refractivity contribution in [1.29, 1.82) is 0 Å². The predicted octanol–water partition coefficient (Wildman–Crippen LogP) is 3.65. The highest BCUT2D eigenvalue weighted by Gasteiger charge is 2.12. The number of hydrogen-bond donors (Lipinski definition) is 2. The van der Waals surface area contributed by atoms with Crippen molar-refractivity contribution in [2.45, 2.75) is 33.1 Å². The van der Waals surface area contributed by atoms with Crippen LogP contribution in [0.15, 0.2) is 42.6 Å². The van der Waals surface area contributed by atoms with Crippen LogP contribution in [0.25, 0.3) is 0 Å². The van der Waals surface area contributed by atoms with Crippen LogP contribution in [0, 0.1) is 0 Å². The van der Waals surface area contributed by atoms with Crippen LogP contribution >= 0.6 is 0 Å². The van der Waals surface area contributed by atoms with Gasteiger partial charge >= 0.3 is 0 Å². The fourth-order valence-corrected chi connectivity index (χ4v) is 2.37.